The summed E-state index contributed by atoms with van der Waals surface area (Å²) in [5.41, 5.74) is 1.97. The quantitative estimate of drug-likeness (QED) is 0.775. The smallest absolute Gasteiger partial charge is 0.0860 e. The summed E-state index contributed by atoms with van der Waals surface area (Å²) in [6.45, 7) is 7.77. The van der Waals surface area contributed by atoms with Crippen LogP contribution in [0.1, 0.15) is 38.1 Å². The molecule has 0 spiro atoms. The van der Waals surface area contributed by atoms with E-state index in [9.17, 15) is 0 Å². The van der Waals surface area contributed by atoms with Crippen molar-refractivity contribution in [3.05, 3.63) is 16.4 Å². The van der Waals surface area contributed by atoms with Crippen LogP contribution in [-0.4, -0.2) is 21.7 Å². The number of halogens is 2. The molecule has 0 fully saturated rings. The van der Waals surface area contributed by atoms with Gasteiger partial charge in [-0.2, -0.15) is 5.10 Å². The number of nitrogens with zero attached hydrogens (tertiary/aromatic N) is 2. The second-order valence-corrected chi connectivity index (χ2v) is 4.88. The van der Waals surface area contributed by atoms with E-state index >= 15 is 0 Å². The van der Waals surface area contributed by atoms with Gasteiger partial charge in [-0.1, -0.05) is 18.5 Å². The average Bonchev–Trinajstić information content (AvgIpc) is 2.61. The fourth-order valence-corrected chi connectivity index (χ4v) is 2.33. The van der Waals surface area contributed by atoms with Gasteiger partial charge in [-0.3, -0.25) is 4.68 Å². The topological polar surface area (TPSA) is 29.9 Å². The van der Waals surface area contributed by atoms with E-state index in [1.807, 2.05) is 11.6 Å². The highest BCUT2D eigenvalue weighted by Gasteiger charge is 2.13. The second-order valence-electron chi connectivity index (χ2n) is 4.13. The van der Waals surface area contributed by atoms with E-state index in [0.717, 1.165) is 42.3 Å². The minimum Gasteiger partial charge on any atom is -0.308 e. The first kappa shape index (κ1) is 14.8. The Morgan fingerprint density at radius 1 is 1.41 bits per heavy atom. The number of hydrogen-bond acceptors (Lipinski definition) is 2. The van der Waals surface area contributed by atoms with E-state index < -0.39 is 0 Å². The summed E-state index contributed by atoms with van der Waals surface area (Å²) < 4.78 is 1.96. The van der Waals surface area contributed by atoms with Crippen LogP contribution in [0.15, 0.2) is 0 Å². The molecular weight excluding hydrogens is 257 g/mol. The van der Waals surface area contributed by atoms with Gasteiger partial charge >= 0.3 is 0 Å². The Morgan fingerprint density at radius 2 is 2.12 bits per heavy atom. The van der Waals surface area contributed by atoms with Gasteiger partial charge in [0.25, 0.3) is 0 Å². The standard InChI is InChI=1S/C12H21Cl2N3/c1-4-10(6-7-13)15-8-11-12(14)9(3)16-17(11)5-2/h10,15H,4-8H2,1-3H3. The lowest BCUT2D eigenvalue weighted by Gasteiger charge is -2.16. The highest BCUT2D eigenvalue weighted by Crippen LogP contribution is 2.20. The van der Waals surface area contributed by atoms with Gasteiger partial charge in [0.1, 0.15) is 0 Å². The van der Waals surface area contributed by atoms with Crippen molar-refractivity contribution in [3.63, 3.8) is 0 Å². The van der Waals surface area contributed by atoms with Crippen molar-refractivity contribution in [1.82, 2.24) is 15.1 Å². The van der Waals surface area contributed by atoms with Crippen molar-refractivity contribution in [2.75, 3.05) is 5.88 Å². The van der Waals surface area contributed by atoms with Crippen molar-refractivity contribution in [2.24, 2.45) is 0 Å². The molecule has 0 radical (unpaired) electrons. The molecule has 0 aromatic carbocycles. The first-order chi connectivity index (χ1) is 8.13. The summed E-state index contributed by atoms with van der Waals surface area (Å²) in [5.74, 6) is 0.686. The average molecular weight is 278 g/mol. The zero-order valence-corrected chi connectivity index (χ0v) is 12.3. The van der Waals surface area contributed by atoms with Crippen LogP contribution >= 0.6 is 23.2 Å². The third-order valence-corrected chi connectivity index (χ3v) is 3.67. The highest BCUT2D eigenvalue weighted by molar-refractivity contribution is 6.31. The number of nitrogens with one attached hydrogen (secondary N) is 1. The molecule has 1 rings (SSSR count). The maximum atomic E-state index is 6.25. The minimum atomic E-state index is 0.448. The Morgan fingerprint density at radius 3 is 2.65 bits per heavy atom. The van der Waals surface area contributed by atoms with Gasteiger partial charge in [-0.25, -0.2) is 0 Å². The molecule has 0 aliphatic heterocycles. The van der Waals surface area contributed by atoms with E-state index in [2.05, 4.69) is 24.3 Å². The zero-order valence-electron chi connectivity index (χ0n) is 10.8. The molecule has 1 N–H and O–H groups in total. The number of aromatic nitrogens is 2. The van der Waals surface area contributed by atoms with Crippen LogP contribution in [0.25, 0.3) is 0 Å². The highest BCUT2D eigenvalue weighted by atomic mass is 35.5. The molecule has 0 saturated heterocycles. The minimum absolute atomic E-state index is 0.448. The fourth-order valence-electron chi connectivity index (χ4n) is 1.86. The summed E-state index contributed by atoms with van der Waals surface area (Å²) >= 11 is 12.0. The van der Waals surface area contributed by atoms with E-state index in [0.29, 0.717) is 11.9 Å². The Labute approximate surface area is 113 Å². The van der Waals surface area contributed by atoms with Crippen LogP contribution in [0, 0.1) is 6.92 Å². The molecule has 0 bridgehead atoms. The molecule has 1 aromatic rings. The van der Waals surface area contributed by atoms with Crippen molar-refractivity contribution < 1.29 is 0 Å². The zero-order chi connectivity index (χ0) is 12.8. The van der Waals surface area contributed by atoms with Gasteiger partial charge in [-0.05, 0) is 26.7 Å². The monoisotopic (exact) mass is 277 g/mol. The Hall–Kier alpha value is -0.250. The van der Waals surface area contributed by atoms with Gasteiger partial charge in [0, 0.05) is 25.0 Å². The van der Waals surface area contributed by atoms with E-state index in [4.69, 9.17) is 23.2 Å². The molecular formula is C12H21Cl2N3. The normalized spacial score (nSPS) is 13.0. The number of alkyl halides is 1. The van der Waals surface area contributed by atoms with Crippen LogP contribution < -0.4 is 5.32 Å². The van der Waals surface area contributed by atoms with E-state index in [1.54, 1.807) is 0 Å². The molecule has 1 heterocycles. The molecule has 3 nitrogen and oxygen atoms in total. The first-order valence-corrected chi connectivity index (χ1v) is 7.06. The van der Waals surface area contributed by atoms with Crippen LogP contribution in [0.5, 0.6) is 0 Å². The first-order valence-electron chi connectivity index (χ1n) is 6.15. The second kappa shape index (κ2) is 7.24. The van der Waals surface area contributed by atoms with Gasteiger partial charge in [-0.15, -0.1) is 11.6 Å². The molecule has 1 atom stereocenters. The van der Waals surface area contributed by atoms with Crippen LogP contribution in [0.4, 0.5) is 0 Å². The molecule has 0 saturated carbocycles. The van der Waals surface area contributed by atoms with Crippen molar-refractivity contribution >= 4 is 23.2 Å². The molecule has 0 amide bonds. The summed E-state index contributed by atoms with van der Waals surface area (Å²) in [4.78, 5) is 0. The molecule has 98 valence electrons. The number of rotatable bonds is 7. The molecule has 1 unspecified atom stereocenters. The fraction of sp³-hybridized carbons (Fsp3) is 0.750. The Balaban J connectivity index is 2.67. The van der Waals surface area contributed by atoms with Gasteiger partial charge < -0.3 is 5.32 Å². The molecule has 0 aliphatic rings. The lowest BCUT2D eigenvalue weighted by atomic mass is 10.1. The van der Waals surface area contributed by atoms with E-state index in [1.165, 1.54) is 0 Å². The largest absolute Gasteiger partial charge is 0.308 e. The van der Waals surface area contributed by atoms with Crippen LogP contribution in [-0.2, 0) is 13.1 Å². The maximum Gasteiger partial charge on any atom is 0.0860 e. The van der Waals surface area contributed by atoms with Crippen molar-refractivity contribution in [2.45, 2.75) is 52.7 Å². The summed E-state index contributed by atoms with van der Waals surface area (Å²) in [6.07, 6.45) is 2.05. The summed E-state index contributed by atoms with van der Waals surface area (Å²) in [7, 11) is 0. The van der Waals surface area contributed by atoms with Crippen molar-refractivity contribution in [1.29, 1.82) is 0 Å². The molecule has 5 heteroatoms. The summed E-state index contributed by atoms with van der Waals surface area (Å²) in [5, 5.41) is 8.66. The van der Waals surface area contributed by atoms with Crippen LogP contribution in [0.3, 0.4) is 0 Å². The van der Waals surface area contributed by atoms with Crippen LogP contribution in [0.2, 0.25) is 5.02 Å². The van der Waals surface area contributed by atoms with E-state index in [-0.39, 0.29) is 0 Å². The van der Waals surface area contributed by atoms with Gasteiger partial charge in [0.05, 0.1) is 16.4 Å². The molecule has 17 heavy (non-hydrogen) atoms. The molecule has 0 aliphatic carbocycles. The third kappa shape index (κ3) is 3.87. The maximum absolute atomic E-state index is 6.25. The number of aryl methyl sites for hydroxylation is 2. The predicted octanol–water partition coefficient (Wildman–Crippen LogP) is 3.36. The predicted molar refractivity (Wildman–Crippen MR) is 73.9 cm³/mol. The van der Waals surface area contributed by atoms with Crippen molar-refractivity contribution in [3.8, 4) is 0 Å². The molecule has 1 aromatic heterocycles. The Kier molecular flexibility index (Phi) is 6.31. The Bertz CT molecular complexity index is 350. The summed E-state index contributed by atoms with van der Waals surface area (Å²) in [6, 6.07) is 0.448. The lowest BCUT2D eigenvalue weighted by Crippen LogP contribution is -2.29. The third-order valence-electron chi connectivity index (χ3n) is 2.96. The van der Waals surface area contributed by atoms with Gasteiger partial charge in [0.15, 0.2) is 0 Å². The lowest BCUT2D eigenvalue weighted by molar-refractivity contribution is 0.469. The number of hydrogen-bond donors (Lipinski definition) is 1. The van der Waals surface area contributed by atoms with Gasteiger partial charge in [0.2, 0.25) is 0 Å². The SMILES string of the molecule is CCC(CCCl)NCc1c(Cl)c(C)nn1CC.